The van der Waals surface area contributed by atoms with Crippen LogP contribution in [0.5, 0.6) is 0 Å². The largest absolute Gasteiger partial charge is 0.478 e. The fraction of sp³-hybridized carbons (Fsp3) is 0.571. The van der Waals surface area contributed by atoms with Gasteiger partial charge in [0, 0.05) is 13.1 Å². The zero-order valence-electron chi connectivity index (χ0n) is 12.3. The van der Waals surface area contributed by atoms with E-state index >= 15 is 0 Å². The minimum absolute atomic E-state index is 0.116. The molecule has 1 aromatic rings. The van der Waals surface area contributed by atoms with Crippen LogP contribution in [-0.4, -0.2) is 48.1 Å². The van der Waals surface area contributed by atoms with Crippen molar-refractivity contribution in [3.8, 4) is 0 Å². The molecule has 0 aromatic carbocycles. The highest BCUT2D eigenvalue weighted by atomic mass is 16.4. The smallest absolute Gasteiger partial charge is 0.337 e. The predicted octanol–water partition coefficient (Wildman–Crippen LogP) is 2.09. The molecule has 1 heterocycles. The van der Waals surface area contributed by atoms with Crippen molar-refractivity contribution in [2.75, 3.05) is 32.5 Å². The van der Waals surface area contributed by atoms with E-state index in [9.17, 15) is 4.79 Å². The van der Waals surface area contributed by atoms with E-state index in [1.807, 2.05) is 14.1 Å². The molecule has 0 radical (unpaired) electrons. The number of aryl methyl sites for hydroxylation is 1. The Labute approximate surface area is 114 Å². The predicted molar refractivity (Wildman–Crippen MR) is 76.8 cm³/mol. The number of nitrogens with one attached hydrogen (secondary N) is 1. The van der Waals surface area contributed by atoms with Crippen LogP contribution in [0.15, 0.2) is 12.1 Å². The Kier molecular flexibility index (Phi) is 4.89. The van der Waals surface area contributed by atoms with Crippen molar-refractivity contribution in [1.82, 2.24) is 9.88 Å². The number of aromatic carboxylic acids is 1. The van der Waals surface area contributed by atoms with E-state index in [1.54, 1.807) is 19.1 Å². The normalized spacial score (nSPS) is 11.7. The highest BCUT2D eigenvalue weighted by Crippen LogP contribution is 2.17. The van der Waals surface area contributed by atoms with E-state index in [0.29, 0.717) is 11.5 Å². The van der Waals surface area contributed by atoms with Gasteiger partial charge in [-0.05, 0) is 38.6 Å². The standard InChI is InChI=1S/C14H23N3O2/c1-10-11(13(18)19)6-7-12(16-10)15-8-14(2,3)9-17(4)5/h6-7H,8-9H2,1-5H3,(H,15,16)(H,18,19). The first-order valence-corrected chi connectivity index (χ1v) is 6.31. The SMILES string of the molecule is Cc1nc(NCC(C)(C)CN(C)C)ccc1C(=O)O. The Morgan fingerprint density at radius 2 is 2.05 bits per heavy atom. The molecule has 2 N–H and O–H groups in total. The van der Waals surface area contributed by atoms with E-state index in [0.717, 1.165) is 13.1 Å². The van der Waals surface area contributed by atoms with Crippen LogP contribution in [0.3, 0.4) is 0 Å². The molecule has 0 aliphatic rings. The summed E-state index contributed by atoms with van der Waals surface area (Å²) in [4.78, 5) is 17.3. The molecule has 0 atom stereocenters. The number of hydrogen-bond donors (Lipinski definition) is 2. The molecule has 0 aliphatic carbocycles. The molecule has 5 nitrogen and oxygen atoms in total. The molecule has 0 fully saturated rings. The van der Waals surface area contributed by atoms with E-state index in [4.69, 9.17) is 5.11 Å². The average Bonchev–Trinajstić information content (AvgIpc) is 2.24. The lowest BCUT2D eigenvalue weighted by molar-refractivity contribution is 0.0695. The number of rotatable bonds is 6. The van der Waals surface area contributed by atoms with Crippen LogP contribution < -0.4 is 5.32 Å². The second-order valence-corrected chi connectivity index (χ2v) is 5.89. The molecule has 0 unspecified atom stereocenters. The van der Waals surface area contributed by atoms with E-state index in [-0.39, 0.29) is 11.0 Å². The first-order valence-electron chi connectivity index (χ1n) is 6.31. The molecule has 106 valence electrons. The minimum Gasteiger partial charge on any atom is -0.478 e. The number of carboxylic acid groups (broad SMARTS) is 1. The number of carbonyl (C=O) groups is 1. The fourth-order valence-corrected chi connectivity index (χ4v) is 2.13. The summed E-state index contributed by atoms with van der Waals surface area (Å²) in [7, 11) is 4.09. The van der Waals surface area contributed by atoms with Gasteiger partial charge >= 0.3 is 5.97 Å². The van der Waals surface area contributed by atoms with Crippen molar-refractivity contribution >= 4 is 11.8 Å². The Morgan fingerprint density at radius 3 is 2.53 bits per heavy atom. The summed E-state index contributed by atoms with van der Waals surface area (Å²) in [5.74, 6) is -0.223. The number of aromatic nitrogens is 1. The maximum Gasteiger partial charge on any atom is 0.337 e. The third-order valence-corrected chi connectivity index (χ3v) is 2.81. The van der Waals surface area contributed by atoms with Crippen LogP contribution in [0.4, 0.5) is 5.82 Å². The van der Waals surface area contributed by atoms with Crippen LogP contribution in [0.2, 0.25) is 0 Å². The summed E-state index contributed by atoms with van der Waals surface area (Å²) < 4.78 is 0. The number of anilines is 1. The van der Waals surface area contributed by atoms with Gasteiger partial charge in [-0.3, -0.25) is 0 Å². The summed E-state index contributed by atoms with van der Waals surface area (Å²) >= 11 is 0. The van der Waals surface area contributed by atoms with Crippen LogP contribution in [-0.2, 0) is 0 Å². The van der Waals surface area contributed by atoms with E-state index in [2.05, 4.69) is 29.0 Å². The number of carboxylic acids is 1. The van der Waals surface area contributed by atoms with Crippen molar-refractivity contribution < 1.29 is 9.90 Å². The summed E-state index contributed by atoms with van der Waals surface area (Å²) in [5.41, 5.74) is 0.894. The summed E-state index contributed by atoms with van der Waals surface area (Å²) in [6, 6.07) is 3.30. The highest BCUT2D eigenvalue weighted by Gasteiger charge is 2.19. The van der Waals surface area contributed by atoms with Gasteiger partial charge < -0.3 is 15.3 Å². The Morgan fingerprint density at radius 1 is 1.42 bits per heavy atom. The Balaban J connectivity index is 2.69. The van der Waals surface area contributed by atoms with Crippen molar-refractivity contribution in [1.29, 1.82) is 0 Å². The molecule has 0 aliphatic heterocycles. The van der Waals surface area contributed by atoms with Gasteiger partial charge in [0.2, 0.25) is 0 Å². The molecule has 1 rings (SSSR count). The van der Waals surface area contributed by atoms with Crippen molar-refractivity contribution in [3.63, 3.8) is 0 Å². The Bertz CT molecular complexity index is 456. The molecule has 0 saturated carbocycles. The second-order valence-electron chi connectivity index (χ2n) is 5.89. The summed E-state index contributed by atoms with van der Waals surface area (Å²) in [5, 5.41) is 12.2. The molecule has 0 saturated heterocycles. The molecule has 0 amide bonds. The summed E-state index contributed by atoms with van der Waals surface area (Å²) in [6.45, 7) is 7.81. The fourth-order valence-electron chi connectivity index (χ4n) is 2.13. The van der Waals surface area contributed by atoms with Gasteiger partial charge in [-0.25, -0.2) is 9.78 Å². The molecule has 5 heteroatoms. The number of nitrogens with zero attached hydrogens (tertiary/aromatic N) is 2. The van der Waals surface area contributed by atoms with Gasteiger partial charge in [-0.2, -0.15) is 0 Å². The van der Waals surface area contributed by atoms with Gasteiger partial charge in [-0.15, -0.1) is 0 Å². The van der Waals surface area contributed by atoms with Crippen molar-refractivity contribution in [3.05, 3.63) is 23.4 Å². The number of pyridine rings is 1. The molecule has 0 bridgehead atoms. The molecule has 19 heavy (non-hydrogen) atoms. The van der Waals surface area contributed by atoms with Gasteiger partial charge in [-0.1, -0.05) is 13.8 Å². The lowest BCUT2D eigenvalue weighted by Crippen LogP contribution is -2.34. The molecular formula is C14H23N3O2. The molecule has 1 aromatic heterocycles. The maximum atomic E-state index is 10.9. The quantitative estimate of drug-likeness (QED) is 0.824. The van der Waals surface area contributed by atoms with Crippen LogP contribution in [0, 0.1) is 12.3 Å². The molecular weight excluding hydrogens is 242 g/mol. The van der Waals surface area contributed by atoms with Gasteiger partial charge in [0.15, 0.2) is 0 Å². The topological polar surface area (TPSA) is 65.5 Å². The maximum absolute atomic E-state index is 10.9. The van der Waals surface area contributed by atoms with E-state index < -0.39 is 5.97 Å². The van der Waals surface area contributed by atoms with Gasteiger partial charge in [0.1, 0.15) is 5.82 Å². The van der Waals surface area contributed by atoms with Crippen LogP contribution >= 0.6 is 0 Å². The first-order chi connectivity index (χ1) is 8.71. The second kappa shape index (κ2) is 6.02. The molecule has 0 spiro atoms. The lowest BCUT2D eigenvalue weighted by Gasteiger charge is -2.28. The van der Waals surface area contributed by atoms with E-state index in [1.165, 1.54) is 0 Å². The van der Waals surface area contributed by atoms with Crippen LogP contribution in [0.1, 0.15) is 29.9 Å². The first kappa shape index (κ1) is 15.4. The third kappa shape index (κ3) is 4.87. The van der Waals surface area contributed by atoms with Gasteiger partial charge in [0.25, 0.3) is 0 Å². The average molecular weight is 265 g/mol. The van der Waals surface area contributed by atoms with Crippen molar-refractivity contribution in [2.45, 2.75) is 20.8 Å². The highest BCUT2D eigenvalue weighted by molar-refractivity contribution is 5.89. The zero-order chi connectivity index (χ0) is 14.6. The Hall–Kier alpha value is -1.62. The zero-order valence-corrected chi connectivity index (χ0v) is 12.3. The van der Waals surface area contributed by atoms with Gasteiger partial charge in [0.05, 0.1) is 11.3 Å². The monoisotopic (exact) mass is 265 g/mol. The lowest BCUT2D eigenvalue weighted by atomic mass is 9.93. The van der Waals surface area contributed by atoms with Crippen molar-refractivity contribution in [2.24, 2.45) is 5.41 Å². The number of hydrogen-bond acceptors (Lipinski definition) is 4. The summed E-state index contributed by atoms with van der Waals surface area (Å²) in [6.07, 6.45) is 0. The third-order valence-electron chi connectivity index (χ3n) is 2.81. The van der Waals surface area contributed by atoms with Crippen LogP contribution in [0.25, 0.3) is 0 Å². The minimum atomic E-state index is -0.940.